The van der Waals surface area contributed by atoms with Crippen LogP contribution in [-0.4, -0.2) is 35.0 Å². The van der Waals surface area contributed by atoms with E-state index < -0.39 is 0 Å². The number of nitrogens with zero attached hydrogens (tertiary/aromatic N) is 3. The summed E-state index contributed by atoms with van der Waals surface area (Å²) in [4.78, 5) is 6.99. The molecule has 1 aliphatic heterocycles. The van der Waals surface area contributed by atoms with Crippen LogP contribution in [0.25, 0.3) is 0 Å². The standard InChI is InChI=1S/C10H16N4S/c1-7-6-14(5-4-11-7)10-12-9(13-15-10)8-2-3-8/h7-8,11H,2-6H2,1H3. The maximum absolute atomic E-state index is 4.64. The van der Waals surface area contributed by atoms with Gasteiger partial charge in [-0.05, 0) is 19.8 Å². The first-order valence-corrected chi connectivity index (χ1v) is 6.42. The van der Waals surface area contributed by atoms with Crippen molar-refractivity contribution in [3.8, 4) is 0 Å². The summed E-state index contributed by atoms with van der Waals surface area (Å²) in [7, 11) is 0. The Morgan fingerprint density at radius 2 is 2.33 bits per heavy atom. The Morgan fingerprint density at radius 3 is 3.07 bits per heavy atom. The Bertz CT molecular complexity index is 347. The molecule has 0 aromatic carbocycles. The molecule has 2 heterocycles. The summed E-state index contributed by atoms with van der Waals surface area (Å²) >= 11 is 1.56. The van der Waals surface area contributed by atoms with Crippen molar-refractivity contribution in [2.45, 2.75) is 31.7 Å². The summed E-state index contributed by atoms with van der Waals surface area (Å²) in [5, 5.41) is 4.55. The van der Waals surface area contributed by atoms with Crippen molar-refractivity contribution in [3.63, 3.8) is 0 Å². The number of nitrogens with one attached hydrogen (secondary N) is 1. The van der Waals surface area contributed by atoms with E-state index in [-0.39, 0.29) is 0 Å². The molecule has 1 unspecified atom stereocenters. The first-order valence-electron chi connectivity index (χ1n) is 5.65. The molecule has 2 fully saturated rings. The van der Waals surface area contributed by atoms with Crippen molar-refractivity contribution in [1.29, 1.82) is 0 Å². The fraction of sp³-hybridized carbons (Fsp3) is 0.800. The van der Waals surface area contributed by atoms with Crippen LogP contribution >= 0.6 is 11.5 Å². The van der Waals surface area contributed by atoms with Gasteiger partial charge in [0, 0.05) is 43.1 Å². The van der Waals surface area contributed by atoms with Gasteiger partial charge in [0.1, 0.15) is 5.82 Å². The van der Waals surface area contributed by atoms with Crippen molar-refractivity contribution in [1.82, 2.24) is 14.7 Å². The van der Waals surface area contributed by atoms with Crippen LogP contribution in [0.2, 0.25) is 0 Å². The van der Waals surface area contributed by atoms with Crippen LogP contribution in [0, 0.1) is 0 Å². The molecule has 5 heteroatoms. The minimum Gasteiger partial charge on any atom is -0.344 e. The highest BCUT2D eigenvalue weighted by Crippen LogP contribution is 2.39. The Morgan fingerprint density at radius 1 is 1.47 bits per heavy atom. The molecule has 1 aromatic heterocycles. The summed E-state index contributed by atoms with van der Waals surface area (Å²) in [6.07, 6.45) is 2.57. The number of rotatable bonds is 2. The SMILES string of the molecule is CC1CN(c2nc(C3CC3)ns2)CCN1. The van der Waals surface area contributed by atoms with Gasteiger partial charge in [-0.25, -0.2) is 4.98 Å². The predicted molar refractivity (Wildman–Crippen MR) is 61.6 cm³/mol. The van der Waals surface area contributed by atoms with E-state index in [1.165, 1.54) is 12.8 Å². The van der Waals surface area contributed by atoms with Crippen molar-refractivity contribution < 1.29 is 0 Å². The third-order valence-electron chi connectivity index (χ3n) is 3.01. The molecule has 1 aromatic rings. The van der Waals surface area contributed by atoms with Gasteiger partial charge in [0.2, 0.25) is 5.13 Å². The van der Waals surface area contributed by atoms with Crippen LogP contribution < -0.4 is 10.2 Å². The maximum Gasteiger partial charge on any atom is 0.205 e. The van der Waals surface area contributed by atoms with Gasteiger partial charge >= 0.3 is 0 Å². The summed E-state index contributed by atoms with van der Waals surface area (Å²) in [6, 6.07) is 0.562. The zero-order chi connectivity index (χ0) is 10.3. The average Bonchev–Trinajstić information content (AvgIpc) is 2.97. The number of aromatic nitrogens is 2. The Hall–Kier alpha value is -0.680. The lowest BCUT2D eigenvalue weighted by atomic mass is 10.2. The van der Waals surface area contributed by atoms with E-state index >= 15 is 0 Å². The van der Waals surface area contributed by atoms with Crippen molar-refractivity contribution in [3.05, 3.63) is 5.82 Å². The number of hydrogen-bond donors (Lipinski definition) is 1. The molecule has 0 amide bonds. The third-order valence-corrected chi connectivity index (χ3v) is 3.80. The van der Waals surface area contributed by atoms with Gasteiger partial charge in [0.15, 0.2) is 0 Å². The Labute approximate surface area is 93.9 Å². The van der Waals surface area contributed by atoms with E-state index in [0.717, 1.165) is 30.6 Å². The van der Waals surface area contributed by atoms with E-state index in [1.54, 1.807) is 11.5 Å². The molecule has 1 atom stereocenters. The van der Waals surface area contributed by atoms with Crippen LogP contribution in [0.1, 0.15) is 31.5 Å². The van der Waals surface area contributed by atoms with Crippen LogP contribution in [0.5, 0.6) is 0 Å². The first kappa shape index (κ1) is 9.54. The van der Waals surface area contributed by atoms with Gasteiger partial charge in [0.05, 0.1) is 0 Å². The topological polar surface area (TPSA) is 41.1 Å². The molecule has 1 N–H and O–H groups in total. The lowest BCUT2D eigenvalue weighted by Gasteiger charge is -2.31. The highest BCUT2D eigenvalue weighted by Gasteiger charge is 2.29. The third kappa shape index (κ3) is 1.99. The van der Waals surface area contributed by atoms with Crippen LogP contribution in [0.15, 0.2) is 0 Å². The number of anilines is 1. The minimum atomic E-state index is 0.562. The molecule has 1 saturated carbocycles. The lowest BCUT2D eigenvalue weighted by Crippen LogP contribution is -2.49. The second-order valence-corrected chi connectivity index (χ2v) is 5.24. The maximum atomic E-state index is 4.64. The minimum absolute atomic E-state index is 0.562. The van der Waals surface area contributed by atoms with Gasteiger partial charge in [0.25, 0.3) is 0 Å². The predicted octanol–water partition coefficient (Wildman–Crippen LogP) is 1.21. The molecule has 2 aliphatic rings. The van der Waals surface area contributed by atoms with Crippen LogP contribution in [0.3, 0.4) is 0 Å². The molecule has 82 valence electrons. The smallest absolute Gasteiger partial charge is 0.205 e. The zero-order valence-electron chi connectivity index (χ0n) is 8.94. The quantitative estimate of drug-likeness (QED) is 0.820. The fourth-order valence-electron chi connectivity index (χ4n) is 1.97. The van der Waals surface area contributed by atoms with E-state index in [9.17, 15) is 0 Å². The van der Waals surface area contributed by atoms with Gasteiger partial charge in [-0.3, -0.25) is 0 Å². The second-order valence-electron chi connectivity index (χ2n) is 4.51. The van der Waals surface area contributed by atoms with Gasteiger partial charge in [-0.15, -0.1) is 0 Å². The molecule has 0 spiro atoms. The highest BCUT2D eigenvalue weighted by atomic mass is 32.1. The molecule has 3 rings (SSSR count). The zero-order valence-corrected chi connectivity index (χ0v) is 9.76. The molecule has 0 radical (unpaired) electrons. The fourth-order valence-corrected chi connectivity index (χ4v) is 2.75. The van der Waals surface area contributed by atoms with Crippen LogP contribution in [0.4, 0.5) is 5.13 Å². The van der Waals surface area contributed by atoms with E-state index in [2.05, 4.69) is 26.5 Å². The normalized spacial score (nSPS) is 27.0. The molecular formula is C10H16N4S. The monoisotopic (exact) mass is 224 g/mol. The summed E-state index contributed by atoms with van der Waals surface area (Å²) < 4.78 is 4.45. The largest absolute Gasteiger partial charge is 0.344 e. The van der Waals surface area contributed by atoms with E-state index in [1.807, 2.05) is 0 Å². The van der Waals surface area contributed by atoms with Crippen molar-refractivity contribution >= 4 is 16.7 Å². The number of hydrogen-bond acceptors (Lipinski definition) is 5. The summed E-state index contributed by atoms with van der Waals surface area (Å²) in [6.45, 7) is 5.39. The summed E-state index contributed by atoms with van der Waals surface area (Å²) in [5.41, 5.74) is 0. The van der Waals surface area contributed by atoms with E-state index in [0.29, 0.717) is 12.0 Å². The Balaban J connectivity index is 1.73. The van der Waals surface area contributed by atoms with Crippen LogP contribution in [-0.2, 0) is 0 Å². The van der Waals surface area contributed by atoms with E-state index in [4.69, 9.17) is 0 Å². The average molecular weight is 224 g/mol. The molecule has 1 saturated heterocycles. The summed E-state index contributed by atoms with van der Waals surface area (Å²) in [5.74, 6) is 1.76. The van der Waals surface area contributed by atoms with Gasteiger partial charge in [-0.2, -0.15) is 4.37 Å². The van der Waals surface area contributed by atoms with Gasteiger partial charge in [-0.1, -0.05) is 0 Å². The number of piperazine rings is 1. The molecule has 1 aliphatic carbocycles. The highest BCUT2D eigenvalue weighted by molar-refractivity contribution is 7.09. The molecular weight excluding hydrogens is 208 g/mol. The molecule has 4 nitrogen and oxygen atoms in total. The second kappa shape index (κ2) is 3.72. The lowest BCUT2D eigenvalue weighted by molar-refractivity contribution is 0.484. The van der Waals surface area contributed by atoms with Gasteiger partial charge < -0.3 is 10.2 Å². The van der Waals surface area contributed by atoms with Crippen molar-refractivity contribution in [2.75, 3.05) is 24.5 Å². The Kier molecular flexibility index (Phi) is 2.36. The first-order chi connectivity index (χ1) is 7.33. The molecule has 15 heavy (non-hydrogen) atoms. The molecule has 0 bridgehead atoms. The van der Waals surface area contributed by atoms with Crippen molar-refractivity contribution in [2.24, 2.45) is 0 Å².